The van der Waals surface area contributed by atoms with E-state index in [1.165, 1.54) is 6.07 Å². The fourth-order valence-electron chi connectivity index (χ4n) is 3.49. The number of carbonyl (C=O) groups excluding carboxylic acids is 1. The molecule has 0 radical (unpaired) electrons. The van der Waals surface area contributed by atoms with Gasteiger partial charge in [-0.25, -0.2) is 22.9 Å². The van der Waals surface area contributed by atoms with E-state index in [-0.39, 0.29) is 22.4 Å². The van der Waals surface area contributed by atoms with Crippen LogP contribution in [0.4, 0.5) is 27.5 Å². The largest absolute Gasteiger partial charge is 0.338 e. The molecule has 1 aliphatic rings. The fraction of sp³-hybridized carbons (Fsp3) is 0.190. The van der Waals surface area contributed by atoms with Gasteiger partial charge in [-0.15, -0.1) is 0 Å². The summed E-state index contributed by atoms with van der Waals surface area (Å²) in [7, 11) is -3.89. The molecule has 160 valence electrons. The van der Waals surface area contributed by atoms with E-state index in [0.717, 1.165) is 24.6 Å². The normalized spacial score (nSPS) is 13.6. The monoisotopic (exact) mass is 441 g/mol. The van der Waals surface area contributed by atoms with Gasteiger partial charge in [-0.1, -0.05) is 6.07 Å². The minimum atomic E-state index is -3.89. The van der Waals surface area contributed by atoms with Gasteiger partial charge in [0, 0.05) is 23.4 Å². The van der Waals surface area contributed by atoms with Crippen molar-refractivity contribution < 1.29 is 17.6 Å². The highest BCUT2D eigenvalue weighted by atomic mass is 32.2. The first-order valence-corrected chi connectivity index (χ1v) is 11.1. The van der Waals surface area contributed by atoms with Crippen LogP contribution in [0.2, 0.25) is 0 Å². The molecule has 0 unspecified atom stereocenters. The number of primary sulfonamides is 1. The number of aryl methyl sites for hydroxylation is 2. The number of nitrogens with two attached hydrogens (primary N) is 1. The lowest BCUT2D eigenvalue weighted by molar-refractivity contribution is 0.0972. The summed E-state index contributed by atoms with van der Waals surface area (Å²) in [4.78, 5) is 20.0. The molecule has 10 heteroatoms. The summed E-state index contributed by atoms with van der Waals surface area (Å²) in [5.74, 6) is -0.530. The third-order valence-corrected chi connectivity index (χ3v) is 6.07. The van der Waals surface area contributed by atoms with E-state index >= 15 is 0 Å². The number of Topliss-reactive ketones (excluding diaryl/α,β-unsaturated/α-hetero) is 1. The van der Waals surface area contributed by atoms with E-state index < -0.39 is 15.8 Å². The molecule has 1 aromatic heterocycles. The summed E-state index contributed by atoms with van der Waals surface area (Å²) in [6, 6.07) is 9.86. The molecule has 1 aliphatic carbocycles. The second-order valence-electron chi connectivity index (χ2n) is 7.31. The first kappa shape index (κ1) is 20.9. The quantitative estimate of drug-likeness (QED) is 0.552. The molecule has 0 bridgehead atoms. The molecule has 0 saturated heterocycles. The Bertz CT molecular complexity index is 1290. The number of nitrogens with zero attached hydrogens (tertiary/aromatic N) is 2. The summed E-state index contributed by atoms with van der Waals surface area (Å²) in [6.45, 7) is 1.63. The second-order valence-corrected chi connectivity index (χ2v) is 8.84. The zero-order valence-corrected chi connectivity index (χ0v) is 17.5. The Morgan fingerprint density at radius 3 is 2.58 bits per heavy atom. The number of hydrogen-bond donors (Lipinski definition) is 3. The molecular formula is C21H20FN5O3S. The van der Waals surface area contributed by atoms with Crippen molar-refractivity contribution in [2.75, 3.05) is 10.6 Å². The second kappa shape index (κ2) is 8.05. The summed E-state index contributed by atoms with van der Waals surface area (Å²) in [5, 5.41) is 11.0. The number of ketones is 1. The van der Waals surface area contributed by atoms with Crippen LogP contribution in [-0.4, -0.2) is 24.2 Å². The Morgan fingerprint density at radius 1 is 1.06 bits per heavy atom. The number of sulfonamides is 1. The van der Waals surface area contributed by atoms with Crippen LogP contribution in [-0.2, 0) is 16.4 Å². The number of hydrogen-bond acceptors (Lipinski definition) is 7. The van der Waals surface area contributed by atoms with Gasteiger partial charge in [-0.05, 0) is 61.2 Å². The third kappa shape index (κ3) is 4.54. The van der Waals surface area contributed by atoms with Crippen LogP contribution in [0, 0.1) is 12.7 Å². The Kier molecular flexibility index (Phi) is 5.42. The first-order chi connectivity index (χ1) is 14.7. The molecule has 0 spiro atoms. The number of rotatable bonds is 5. The molecule has 8 nitrogen and oxygen atoms in total. The predicted molar refractivity (Wildman–Crippen MR) is 115 cm³/mol. The van der Waals surface area contributed by atoms with Gasteiger partial charge in [0.05, 0.1) is 11.1 Å². The van der Waals surface area contributed by atoms with Crippen LogP contribution in [0.3, 0.4) is 0 Å². The van der Waals surface area contributed by atoms with Gasteiger partial charge in [0.25, 0.3) is 0 Å². The highest BCUT2D eigenvalue weighted by Crippen LogP contribution is 2.27. The number of nitrogens with one attached hydrogen (secondary N) is 2. The summed E-state index contributed by atoms with van der Waals surface area (Å²) in [6.07, 6.45) is 3.13. The van der Waals surface area contributed by atoms with Crippen LogP contribution in [0.25, 0.3) is 0 Å². The average Bonchev–Trinajstić information content (AvgIpc) is 2.71. The number of benzene rings is 2. The Morgan fingerprint density at radius 2 is 1.81 bits per heavy atom. The van der Waals surface area contributed by atoms with E-state index in [4.69, 9.17) is 5.14 Å². The fourth-order valence-corrected chi connectivity index (χ4v) is 4.30. The number of carbonyl (C=O) groups is 1. The lowest BCUT2D eigenvalue weighted by Gasteiger charge is -2.16. The molecule has 0 atom stereocenters. The standard InChI is InChI=1S/C21H20FN5O3S/c1-12-5-6-15(10-19(12)31(23,29)30)26-21-24-11-17(22)20(27-21)25-14-7-8-16-13(9-14)3-2-4-18(16)28/h5-11H,2-4H2,1H3,(H2,23,29,30)(H2,24,25,26,27). The smallest absolute Gasteiger partial charge is 0.238 e. The van der Waals surface area contributed by atoms with Crippen molar-refractivity contribution in [1.29, 1.82) is 0 Å². The molecular weight excluding hydrogens is 421 g/mol. The van der Waals surface area contributed by atoms with Crippen molar-refractivity contribution >= 4 is 38.9 Å². The lowest BCUT2D eigenvalue weighted by Crippen LogP contribution is -2.14. The molecule has 1 heterocycles. The highest BCUT2D eigenvalue weighted by Gasteiger charge is 2.18. The van der Waals surface area contributed by atoms with Gasteiger partial charge in [0.1, 0.15) is 0 Å². The van der Waals surface area contributed by atoms with Crippen LogP contribution >= 0.6 is 0 Å². The molecule has 3 aromatic rings. The molecule has 4 rings (SSSR count). The first-order valence-electron chi connectivity index (χ1n) is 9.57. The Balaban J connectivity index is 1.59. The number of anilines is 4. The number of fused-ring (bicyclic) bond motifs is 1. The van der Waals surface area contributed by atoms with Crippen molar-refractivity contribution in [3.8, 4) is 0 Å². The molecule has 0 fully saturated rings. The average molecular weight is 441 g/mol. The number of aromatic nitrogens is 2. The molecule has 2 aromatic carbocycles. The molecule has 0 amide bonds. The molecule has 4 N–H and O–H groups in total. The Hall–Kier alpha value is -3.37. The van der Waals surface area contributed by atoms with Gasteiger partial charge in [-0.2, -0.15) is 4.98 Å². The number of halogens is 1. The highest BCUT2D eigenvalue weighted by molar-refractivity contribution is 7.89. The van der Waals surface area contributed by atoms with Gasteiger partial charge >= 0.3 is 0 Å². The van der Waals surface area contributed by atoms with E-state index in [9.17, 15) is 17.6 Å². The maximum atomic E-state index is 14.3. The summed E-state index contributed by atoms with van der Waals surface area (Å²) in [5.41, 5.74) is 3.11. The van der Waals surface area contributed by atoms with E-state index in [0.29, 0.717) is 28.9 Å². The maximum Gasteiger partial charge on any atom is 0.238 e. The SMILES string of the molecule is Cc1ccc(Nc2ncc(F)c(Nc3ccc4c(c3)CCCC4=O)n2)cc1S(N)(=O)=O. The van der Waals surface area contributed by atoms with Crippen LogP contribution < -0.4 is 15.8 Å². The maximum absolute atomic E-state index is 14.3. The minimum Gasteiger partial charge on any atom is -0.338 e. The topological polar surface area (TPSA) is 127 Å². The molecule has 0 saturated carbocycles. The van der Waals surface area contributed by atoms with E-state index in [1.807, 2.05) is 6.07 Å². The van der Waals surface area contributed by atoms with Gasteiger partial charge < -0.3 is 10.6 Å². The summed E-state index contributed by atoms with van der Waals surface area (Å²) < 4.78 is 37.7. The minimum absolute atomic E-state index is 0.0263. The summed E-state index contributed by atoms with van der Waals surface area (Å²) >= 11 is 0. The van der Waals surface area contributed by atoms with E-state index in [2.05, 4.69) is 20.6 Å². The predicted octanol–water partition coefficient (Wildman–Crippen LogP) is 3.58. The van der Waals surface area contributed by atoms with Crippen LogP contribution in [0.1, 0.15) is 34.3 Å². The van der Waals surface area contributed by atoms with Crippen molar-refractivity contribution in [2.45, 2.75) is 31.1 Å². The van der Waals surface area contributed by atoms with E-state index in [1.54, 1.807) is 31.2 Å². The zero-order chi connectivity index (χ0) is 22.2. The van der Waals surface area contributed by atoms with Crippen molar-refractivity contribution in [1.82, 2.24) is 9.97 Å². The third-order valence-electron chi connectivity index (χ3n) is 5.01. The van der Waals surface area contributed by atoms with Crippen molar-refractivity contribution in [3.05, 3.63) is 65.1 Å². The van der Waals surface area contributed by atoms with Crippen molar-refractivity contribution in [2.24, 2.45) is 5.14 Å². The van der Waals surface area contributed by atoms with Gasteiger partial charge in [0.2, 0.25) is 16.0 Å². The van der Waals surface area contributed by atoms with Crippen molar-refractivity contribution in [3.63, 3.8) is 0 Å². The van der Waals surface area contributed by atoms with Gasteiger partial charge in [0.15, 0.2) is 17.4 Å². The lowest BCUT2D eigenvalue weighted by atomic mass is 9.90. The molecule has 0 aliphatic heterocycles. The molecule has 31 heavy (non-hydrogen) atoms. The van der Waals surface area contributed by atoms with Crippen LogP contribution in [0.15, 0.2) is 47.5 Å². The Labute approximate surface area is 178 Å². The van der Waals surface area contributed by atoms with Crippen LogP contribution in [0.5, 0.6) is 0 Å². The zero-order valence-electron chi connectivity index (χ0n) is 16.6. The van der Waals surface area contributed by atoms with Gasteiger partial charge in [-0.3, -0.25) is 4.79 Å².